The maximum Gasteiger partial charge on any atom is 0.231 e. The molecule has 4 nitrogen and oxygen atoms in total. The molecule has 0 amide bonds. The Hall–Kier alpha value is -1.68. The Kier molecular flexibility index (Phi) is 3.81. The van der Waals surface area contributed by atoms with Crippen LogP contribution in [0, 0.1) is 0 Å². The summed E-state index contributed by atoms with van der Waals surface area (Å²) in [5.74, 6) is 1.66. The van der Waals surface area contributed by atoms with E-state index in [2.05, 4.69) is 36.1 Å². The molecule has 3 rings (SSSR count). The summed E-state index contributed by atoms with van der Waals surface area (Å²) in [6, 6.07) is 10.4. The van der Waals surface area contributed by atoms with Gasteiger partial charge in [-0.05, 0) is 32.3 Å². The molecule has 0 aliphatic heterocycles. The van der Waals surface area contributed by atoms with Crippen molar-refractivity contribution in [1.82, 2.24) is 10.1 Å². The number of rotatable bonds is 3. The van der Waals surface area contributed by atoms with Gasteiger partial charge in [-0.25, -0.2) is 0 Å². The minimum Gasteiger partial charge on any atom is -0.339 e. The number of hydrogen-bond acceptors (Lipinski definition) is 4. The van der Waals surface area contributed by atoms with Gasteiger partial charge in [0.15, 0.2) is 5.82 Å². The van der Waals surface area contributed by atoms with Crippen LogP contribution in [-0.4, -0.2) is 16.2 Å². The van der Waals surface area contributed by atoms with Gasteiger partial charge in [0, 0.05) is 6.04 Å². The Morgan fingerprint density at radius 2 is 1.86 bits per heavy atom. The number of benzene rings is 1. The molecule has 1 aliphatic rings. The molecule has 0 saturated heterocycles. The van der Waals surface area contributed by atoms with Gasteiger partial charge >= 0.3 is 0 Å². The summed E-state index contributed by atoms with van der Waals surface area (Å²) in [5.41, 5.74) is 7.14. The van der Waals surface area contributed by atoms with E-state index in [1.54, 1.807) is 0 Å². The topological polar surface area (TPSA) is 64.9 Å². The molecule has 2 aromatic rings. The van der Waals surface area contributed by atoms with Crippen molar-refractivity contribution in [2.45, 2.75) is 56.9 Å². The highest BCUT2D eigenvalue weighted by atomic mass is 16.5. The molecule has 2 N–H and O–H groups in total. The van der Waals surface area contributed by atoms with Crippen molar-refractivity contribution >= 4 is 0 Å². The van der Waals surface area contributed by atoms with Crippen molar-refractivity contribution in [1.29, 1.82) is 0 Å². The molecule has 1 saturated carbocycles. The van der Waals surface area contributed by atoms with E-state index in [1.807, 2.05) is 18.2 Å². The smallest absolute Gasteiger partial charge is 0.231 e. The molecule has 1 fully saturated rings. The Labute approximate surface area is 125 Å². The second kappa shape index (κ2) is 5.60. The average Bonchev–Trinajstić information content (AvgIpc) is 2.99. The highest BCUT2D eigenvalue weighted by molar-refractivity contribution is 5.30. The lowest BCUT2D eigenvalue weighted by Gasteiger charge is -2.25. The quantitative estimate of drug-likeness (QED) is 0.939. The largest absolute Gasteiger partial charge is 0.339 e. The van der Waals surface area contributed by atoms with Crippen LogP contribution in [0.2, 0.25) is 0 Å². The Balaban J connectivity index is 1.87. The predicted octanol–water partition coefficient (Wildman–Crippen LogP) is 3.38. The fourth-order valence-electron chi connectivity index (χ4n) is 3.09. The van der Waals surface area contributed by atoms with Crippen molar-refractivity contribution in [2.75, 3.05) is 0 Å². The van der Waals surface area contributed by atoms with E-state index in [0.29, 0.717) is 5.89 Å². The first-order valence-electron chi connectivity index (χ1n) is 7.74. The zero-order chi connectivity index (χ0) is 14.9. The molecular weight excluding hydrogens is 262 g/mol. The summed E-state index contributed by atoms with van der Waals surface area (Å²) < 4.78 is 5.54. The highest BCUT2D eigenvalue weighted by Gasteiger charge is 2.33. The molecule has 4 heteroatoms. The third-order valence-corrected chi connectivity index (χ3v) is 4.63. The van der Waals surface area contributed by atoms with E-state index >= 15 is 0 Å². The zero-order valence-electron chi connectivity index (χ0n) is 12.7. The van der Waals surface area contributed by atoms with E-state index in [1.165, 1.54) is 18.4 Å². The van der Waals surface area contributed by atoms with Crippen LogP contribution in [0.5, 0.6) is 0 Å². The second-order valence-corrected chi connectivity index (χ2v) is 6.50. The third kappa shape index (κ3) is 2.72. The summed E-state index contributed by atoms with van der Waals surface area (Å²) >= 11 is 0. The molecular formula is C17H23N3O. The molecule has 112 valence electrons. The molecule has 1 aromatic heterocycles. The molecule has 1 heterocycles. The van der Waals surface area contributed by atoms with Crippen molar-refractivity contribution in [3.8, 4) is 0 Å². The standard InChI is InChI=1S/C17H23N3O/c1-17(2,12-8-4-3-5-9-12)16-19-15(21-20-16)13-10-6-7-11-14(13)18/h3-5,8-9,13-14H,6-7,10-11,18H2,1-2H3. The highest BCUT2D eigenvalue weighted by Crippen LogP contribution is 2.34. The van der Waals surface area contributed by atoms with Gasteiger partial charge in [-0.3, -0.25) is 0 Å². The van der Waals surface area contributed by atoms with Crippen LogP contribution in [0.15, 0.2) is 34.9 Å². The normalized spacial score (nSPS) is 23.2. The van der Waals surface area contributed by atoms with Crippen molar-refractivity contribution < 1.29 is 4.52 Å². The van der Waals surface area contributed by atoms with Gasteiger partial charge in [0.25, 0.3) is 0 Å². The molecule has 1 aromatic carbocycles. The van der Waals surface area contributed by atoms with Crippen LogP contribution in [-0.2, 0) is 5.41 Å². The SMILES string of the molecule is CC(C)(c1ccccc1)c1noc(C2CCCCC2N)n1. The van der Waals surface area contributed by atoms with E-state index in [4.69, 9.17) is 10.3 Å². The number of nitrogens with two attached hydrogens (primary N) is 1. The maximum absolute atomic E-state index is 6.21. The van der Waals surface area contributed by atoms with E-state index < -0.39 is 0 Å². The van der Waals surface area contributed by atoms with Gasteiger partial charge in [0.05, 0.1) is 11.3 Å². The van der Waals surface area contributed by atoms with Crippen LogP contribution in [0.4, 0.5) is 0 Å². The second-order valence-electron chi connectivity index (χ2n) is 6.50. The summed E-state index contributed by atoms with van der Waals surface area (Å²) in [6.45, 7) is 4.25. The fraction of sp³-hybridized carbons (Fsp3) is 0.529. The zero-order valence-corrected chi connectivity index (χ0v) is 12.7. The Morgan fingerprint density at radius 1 is 1.14 bits per heavy atom. The van der Waals surface area contributed by atoms with Crippen molar-refractivity contribution in [3.63, 3.8) is 0 Å². The van der Waals surface area contributed by atoms with Gasteiger partial charge in [-0.1, -0.05) is 48.3 Å². The van der Waals surface area contributed by atoms with Gasteiger partial charge in [-0.15, -0.1) is 0 Å². The molecule has 21 heavy (non-hydrogen) atoms. The third-order valence-electron chi connectivity index (χ3n) is 4.63. The average molecular weight is 285 g/mol. The van der Waals surface area contributed by atoms with Crippen LogP contribution in [0.25, 0.3) is 0 Å². The molecule has 0 radical (unpaired) electrons. The minimum atomic E-state index is -0.262. The monoisotopic (exact) mass is 285 g/mol. The van der Waals surface area contributed by atoms with Crippen LogP contribution < -0.4 is 5.73 Å². The first-order valence-corrected chi connectivity index (χ1v) is 7.74. The number of aromatic nitrogens is 2. The lowest BCUT2D eigenvalue weighted by Crippen LogP contribution is -2.31. The molecule has 2 atom stereocenters. The van der Waals surface area contributed by atoms with Crippen LogP contribution in [0.1, 0.15) is 62.7 Å². The van der Waals surface area contributed by atoms with Crippen LogP contribution >= 0.6 is 0 Å². The van der Waals surface area contributed by atoms with Crippen molar-refractivity contribution in [2.24, 2.45) is 5.73 Å². The Morgan fingerprint density at radius 3 is 2.57 bits per heavy atom. The van der Waals surface area contributed by atoms with Gasteiger partial charge < -0.3 is 10.3 Å². The maximum atomic E-state index is 6.21. The van der Waals surface area contributed by atoms with E-state index in [-0.39, 0.29) is 17.4 Å². The predicted molar refractivity (Wildman–Crippen MR) is 82.1 cm³/mol. The summed E-state index contributed by atoms with van der Waals surface area (Å²) in [5, 5.41) is 4.23. The lowest BCUT2D eigenvalue weighted by atomic mass is 9.83. The number of hydrogen-bond donors (Lipinski definition) is 1. The van der Waals surface area contributed by atoms with Crippen LogP contribution in [0.3, 0.4) is 0 Å². The van der Waals surface area contributed by atoms with Gasteiger partial charge in [0.2, 0.25) is 5.89 Å². The molecule has 1 aliphatic carbocycles. The Bertz CT molecular complexity index is 591. The first-order chi connectivity index (χ1) is 10.1. The van der Waals surface area contributed by atoms with E-state index in [9.17, 15) is 0 Å². The first kappa shape index (κ1) is 14.3. The van der Waals surface area contributed by atoms with Gasteiger partial charge in [-0.2, -0.15) is 4.98 Å². The molecule has 0 bridgehead atoms. The molecule has 0 spiro atoms. The summed E-state index contributed by atoms with van der Waals surface area (Å²) in [6.07, 6.45) is 4.49. The molecule has 2 unspecified atom stereocenters. The summed E-state index contributed by atoms with van der Waals surface area (Å²) in [7, 11) is 0. The van der Waals surface area contributed by atoms with Gasteiger partial charge in [0.1, 0.15) is 0 Å². The number of nitrogens with zero attached hydrogens (tertiary/aromatic N) is 2. The van der Waals surface area contributed by atoms with E-state index in [0.717, 1.165) is 18.7 Å². The lowest BCUT2D eigenvalue weighted by molar-refractivity contribution is 0.288. The summed E-state index contributed by atoms with van der Waals surface area (Å²) in [4.78, 5) is 4.67. The van der Waals surface area contributed by atoms with Crippen molar-refractivity contribution in [3.05, 3.63) is 47.6 Å². The fourth-order valence-corrected chi connectivity index (χ4v) is 3.09. The minimum absolute atomic E-state index is 0.145.